The number of carbonyl (C=O) groups is 1. The van der Waals surface area contributed by atoms with Crippen molar-refractivity contribution in [3.8, 4) is 5.75 Å². The van der Waals surface area contributed by atoms with Crippen LogP contribution in [0.25, 0.3) is 0 Å². The lowest BCUT2D eigenvalue weighted by atomic mass is 10.2. The van der Waals surface area contributed by atoms with Gasteiger partial charge in [-0.3, -0.25) is 4.79 Å². The monoisotopic (exact) mass is 258 g/mol. The van der Waals surface area contributed by atoms with E-state index in [9.17, 15) is 9.90 Å². The van der Waals surface area contributed by atoms with E-state index in [2.05, 4.69) is 12.2 Å². The Morgan fingerprint density at radius 3 is 2.89 bits per heavy atom. The lowest BCUT2D eigenvalue weighted by molar-refractivity contribution is 0.0941. The lowest BCUT2D eigenvalue weighted by Gasteiger charge is -2.09. The van der Waals surface area contributed by atoms with Crippen LogP contribution in [0.5, 0.6) is 5.75 Å². The summed E-state index contributed by atoms with van der Waals surface area (Å²) in [7, 11) is 0. The third-order valence-electron chi connectivity index (χ3n) is 2.89. The largest absolute Gasteiger partial charge is 0.508 e. The quantitative estimate of drug-likeness (QED) is 0.866. The summed E-state index contributed by atoms with van der Waals surface area (Å²) in [6, 6.07) is 10.6. The van der Waals surface area contributed by atoms with Crippen LogP contribution < -0.4 is 5.32 Å². The highest BCUT2D eigenvalue weighted by Gasteiger charge is 2.09. The molecule has 100 valence electrons. The molecule has 19 heavy (non-hydrogen) atoms. The Balaban J connectivity index is 1.99. The molecule has 0 aliphatic carbocycles. The summed E-state index contributed by atoms with van der Waals surface area (Å²) in [5.41, 5.74) is 1.55. The number of hydrogen-bond donors (Lipinski definition) is 2. The Labute approximate surface area is 112 Å². The number of carbonyl (C=O) groups excluding carboxylic acids is 1. The van der Waals surface area contributed by atoms with Gasteiger partial charge in [0.15, 0.2) is 0 Å². The molecule has 0 aliphatic rings. The molecule has 0 radical (unpaired) electrons. The van der Waals surface area contributed by atoms with E-state index in [4.69, 9.17) is 0 Å². The number of aromatic nitrogens is 1. The fraction of sp³-hybridized carbons (Fsp3) is 0.267. The number of aromatic hydroxyl groups is 1. The third kappa shape index (κ3) is 3.37. The second kappa shape index (κ2) is 6.09. The van der Waals surface area contributed by atoms with Crippen LogP contribution in [-0.4, -0.2) is 15.6 Å². The minimum Gasteiger partial charge on any atom is -0.508 e. The molecule has 2 N–H and O–H groups in total. The van der Waals surface area contributed by atoms with Gasteiger partial charge in [0.2, 0.25) is 0 Å². The SMILES string of the molecule is CCCn1cccc1C(=O)NCc1cccc(O)c1. The zero-order chi connectivity index (χ0) is 13.7. The molecule has 0 saturated heterocycles. The van der Waals surface area contributed by atoms with Crippen LogP contribution in [-0.2, 0) is 13.1 Å². The summed E-state index contributed by atoms with van der Waals surface area (Å²) in [6.45, 7) is 3.32. The van der Waals surface area contributed by atoms with Gasteiger partial charge in [-0.15, -0.1) is 0 Å². The van der Waals surface area contributed by atoms with E-state index in [1.54, 1.807) is 18.2 Å². The van der Waals surface area contributed by atoms with Gasteiger partial charge in [0.1, 0.15) is 11.4 Å². The molecular weight excluding hydrogens is 240 g/mol. The van der Waals surface area contributed by atoms with Crippen LogP contribution in [0, 0.1) is 0 Å². The van der Waals surface area contributed by atoms with Crippen LogP contribution in [0.1, 0.15) is 29.4 Å². The summed E-state index contributed by atoms with van der Waals surface area (Å²) in [4.78, 5) is 12.1. The number of aryl methyl sites for hydroxylation is 1. The van der Waals surface area contributed by atoms with Gasteiger partial charge in [-0.25, -0.2) is 0 Å². The molecule has 2 aromatic rings. The molecule has 1 amide bonds. The minimum absolute atomic E-state index is 0.0956. The number of phenolic OH excluding ortho intramolecular Hbond substituents is 1. The van der Waals surface area contributed by atoms with Crippen molar-refractivity contribution in [2.75, 3.05) is 0 Å². The molecular formula is C15H18N2O2. The van der Waals surface area contributed by atoms with Crippen molar-refractivity contribution in [2.24, 2.45) is 0 Å². The Hall–Kier alpha value is -2.23. The van der Waals surface area contributed by atoms with Gasteiger partial charge in [0, 0.05) is 19.3 Å². The molecule has 0 saturated carbocycles. The Kier molecular flexibility index (Phi) is 4.23. The molecule has 2 rings (SSSR count). The standard InChI is InChI=1S/C15H18N2O2/c1-2-8-17-9-4-7-14(17)15(19)16-11-12-5-3-6-13(18)10-12/h3-7,9-10,18H,2,8,11H2,1H3,(H,16,19). The lowest BCUT2D eigenvalue weighted by Crippen LogP contribution is -2.25. The van der Waals surface area contributed by atoms with Gasteiger partial charge in [0.05, 0.1) is 0 Å². The Morgan fingerprint density at radius 1 is 1.32 bits per heavy atom. The van der Waals surface area contributed by atoms with Crippen LogP contribution in [0.4, 0.5) is 0 Å². The molecule has 0 atom stereocenters. The number of rotatable bonds is 5. The summed E-state index contributed by atoms with van der Waals surface area (Å²) in [6.07, 6.45) is 2.90. The van der Waals surface area contributed by atoms with E-state index in [1.807, 2.05) is 29.0 Å². The van der Waals surface area contributed by atoms with Crippen molar-refractivity contribution in [1.29, 1.82) is 0 Å². The van der Waals surface area contributed by atoms with Crippen LogP contribution >= 0.6 is 0 Å². The predicted molar refractivity (Wildman–Crippen MR) is 74.0 cm³/mol. The highest BCUT2D eigenvalue weighted by atomic mass is 16.3. The average molecular weight is 258 g/mol. The van der Waals surface area contributed by atoms with Gasteiger partial charge >= 0.3 is 0 Å². The zero-order valence-corrected chi connectivity index (χ0v) is 11.0. The molecule has 1 heterocycles. The molecule has 0 unspecified atom stereocenters. The van der Waals surface area contributed by atoms with Crippen molar-refractivity contribution in [2.45, 2.75) is 26.4 Å². The highest BCUT2D eigenvalue weighted by molar-refractivity contribution is 5.92. The van der Waals surface area contributed by atoms with Crippen LogP contribution in [0.15, 0.2) is 42.6 Å². The van der Waals surface area contributed by atoms with Gasteiger partial charge in [-0.05, 0) is 36.2 Å². The highest BCUT2D eigenvalue weighted by Crippen LogP contribution is 2.11. The van der Waals surface area contributed by atoms with E-state index in [0.29, 0.717) is 12.2 Å². The summed E-state index contributed by atoms with van der Waals surface area (Å²) >= 11 is 0. The van der Waals surface area contributed by atoms with Crippen molar-refractivity contribution in [3.05, 3.63) is 53.9 Å². The number of amides is 1. The van der Waals surface area contributed by atoms with Crippen molar-refractivity contribution in [3.63, 3.8) is 0 Å². The Bertz CT molecular complexity index is 561. The summed E-state index contributed by atoms with van der Waals surface area (Å²) in [5.74, 6) is 0.114. The van der Waals surface area contributed by atoms with Gasteiger partial charge in [-0.1, -0.05) is 19.1 Å². The maximum atomic E-state index is 12.1. The first kappa shape index (κ1) is 13.2. The molecule has 1 aromatic heterocycles. The van der Waals surface area contributed by atoms with E-state index in [1.165, 1.54) is 0 Å². The van der Waals surface area contributed by atoms with Crippen molar-refractivity contribution >= 4 is 5.91 Å². The average Bonchev–Trinajstić information content (AvgIpc) is 2.85. The Morgan fingerprint density at radius 2 is 2.16 bits per heavy atom. The molecule has 1 aromatic carbocycles. The number of nitrogens with one attached hydrogen (secondary N) is 1. The summed E-state index contributed by atoms with van der Waals surface area (Å²) < 4.78 is 1.94. The number of hydrogen-bond acceptors (Lipinski definition) is 2. The second-order valence-electron chi connectivity index (χ2n) is 4.44. The van der Waals surface area contributed by atoms with Gasteiger partial charge in [-0.2, -0.15) is 0 Å². The minimum atomic E-state index is -0.0956. The second-order valence-corrected chi connectivity index (χ2v) is 4.44. The smallest absolute Gasteiger partial charge is 0.268 e. The maximum absolute atomic E-state index is 12.1. The van der Waals surface area contributed by atoms with Crippen LogP contribution in [0.2, 0.25) is 0 Å². The van der Waals surface area contributed by atoms with Crippen molar-refractivity contribution < 1.29 is 9.90 Å². The normalized spacial score (nSPS) is 10.4. The first-order valence-corrected chi connectivity index (χ1v) is 6.42. The molecule has 4 heteroatoms. The van der Waals surface area contributed by atoms with Crippen LogP contribution in [0.3, 0.4) is 0 Å². The summed E-state index contributed by atoms with van der Waals surface area (Å²) in [5, 5.41) is 12.2. The molecule has 4 nitrogen and oxygen atoms in total. The predicted octanol–water partition coefficient (Wildman–Crippen LogP) is 2.53. The van der Waals surface area contributed by atoms with Gasteiger partial charge in [0.25, 0.3) is 5.91 Å². The zero-order valence-electron chi connectivity index (χ0n) is 11.0. The van der Waals surface area contributed by atoms with E-state index in [0.717, 1.165) is 18.5 Å². The van der Waals surface area contributed by atoms with E-state index in [-0.39, 0.29) is 11.7 Å². The van der Waals surface area contributed by atoms with Crippen molar-refractivity contribution in [1.82, 2.24) is 9.88 Å². The molecule has 0 fully saturated rings. The van der Waals surface area contributed by atoms with E-state index >= 15 is 0 Å². The fourth-order valence-electron chi connectivity index (χ4n) is 2.00. The number of benzene rings is 1. The van der Waals surface area contributed by atoms with E-state index < -0.39 is 0 Å². The first-order valence-electron chi connectivity index (χ1n) is 6.42. The number of phenols is 1. The molecule has 0 bridgehead atoms. The first-order chi connectivity index (χ1) is 9.20. The fourth-order valence-corrected chi connectivity index (χ4v) is 2.00. The number of nitrogens with zero attached hydrogens (tertiary/aromatic N) is 1. The maximum Gasteiger partial charge on any atom is 0.268 e. The topological polar surface area (TPSA) is 54.3 Å². The molecule has 0 aliphatic heterocycles. The molecule has 0 spiro atoms. The third-order valence-corrected chi connectivity index (χ3v) is 2.89. The van der Waals surface area contributed by atoms with Gasteiger partial charge < -0.3 is 15.0 Å².